The first kappa shape index (κ1) is 14.5. The molecule has 17 heavy (non-hydrogen) atoms. The molecule has 0 aromatic heterocycles. The zero-order valence-electron chi connectivity index (χ0n) is 10.7. The molecular formula is C13H25NO3. The molecular weight excluding hydrogens is 218 g/mol. The molecule has 0 saturated heterocycles. The molecule has 0 aromatic rings. The summed E-state index contributed by atoms with van der Waals surface area (Å²) in [5, 5.41) is 20.9. The van der Waals surface area contributed by atoms with E-state index in [1.807, 2.05) is 0 Å². The Kier molecular flexibility index (Phi) is 5.92. The van der Waals surface area contributed by atoms with Crippen LogP contribution in [-0.2, 0) is 4.79 Å². The molecule has 1 aliphatic carbocycles. The van der Waals surface area contributed by atoms with E-state index in [0.29, 0.717) is 12.3 Å². The van der Waals surface area contributed by atoms with Crippen LogP contribution in [0.15, 0.2) is 0 Å². The molecule has 0 bridgehead atoms. The molecule has 0 aromatic carbocycles. The van der Waals surface area contributed by atoms with Gasteiger partial charge in [0.1, 0.15) is 0 Å². The average molecular weight is 243 g/mol. The van der Waals surface area contributed by atoms with Crippen LogP contribution in [0.3, 0.4) is 0 Å². The number of carbonyl (C=O) groups is 1. The van der Waals surface area contributed by atoms with E-state index >= 15 is 0 Å². The van der Waals surface area contributed by atoms with Crippen molar-refractivity contribution in [1.82, 2.24) is 5.32 Å². The van der Waals surface area contributed by atoms with Gasteiger partial charge >= 0.3 is 0 Å². The minimum Gasteiger partial charge on any atom is -0.394 e. The molecule has 1 rings (SSSR count). The summed E-state index contributed by atoms with van der Waals surface area (Å²) in [6, 6.07) is 0. The molecule has 1 amide bonds. The van der Waals surface area contributed by atoms with Gasteiger partial charge in [-0.2, -0.15) is 0 Å². The second kappa shape index (κ2) is 6.97. The van der Waals surface area contributed by atoms with Crippen LogP contribution < -0.4 is 5.32 Å². The Balaban J connectivity index is 2.37. The molecule has 0 aliphatic heterocycles. The largest absolute Gasteiger partial charge is 0.394 e. The molecule has 0 unspecified atom stereocenters. The molecule has 100 valence electrons. The van der Waals surface area contributed by atoms with Gasteiger partial charge in [0.15, 0.2) is 0 Å². The van der Waals surface area contributed by atoms with E-state index in [-0.39, 0.29) is 19.1 Å². The van der Waals surface area contributed by atoms with Crippen molar-refractivity contribution in [2.45, 2.75) is 57.4 Å². The summed E-state index contributed by atoms with van der Waals surface area (Å²) in [4.78, 5) is 11.8. The summed E-state index contributed by atoms with van der Waals surface area (Å²) in [5.74, 6) is 0.418. The maximum Gasteiger partial charge on any atom is 0.220 e. The van der Waals surface area contributed by atoms with Gasteiger partial charge in [0.2, 0.25) is 5.91 Å². The maximum absolute atomic E-state index is 11.8. The molecule has 1 fully saturated rings. The van der Waals surface area contributed by atoms with E-state index < -0.39 is 5.54 Å². The van der Waals surface area contributed by atoms with Gasteiger partial charge in [0.25, 0.3) is 0 Å². The molecule has 1 aliphatic rings. The van der Waals surface area contributed by atoms with E-state index in [4.69, 9.17) is 10.2 Å². The van der Waals surface area contributed by atoms with Crippen LogP contribution in [0.25, 0.3) is 0 Å². The third-order valence-corrected chi connectivity index (χ3v) is 3.59. The average Bonchev–Trinajstić information content (AvgIpc) is 2.57. The highest BCUT2D eigenvalue weighted by Gasteiger charge is 2.26. The fourth-order valence-corrected chi connectivity index (χ4v) is 2.35. The molecule has 4 nitrogen and oxygen atoms in total. The minimum absolute atomic E-state index is 0.0532. The number of hydrogen-bond acceptors (Lipinski definition) is 3. The van der Waals surface area contributed by atoms with Crippen molar-refractivity contribution in [2.75, 3.05) is 13.2 Å². The molecule has 3 N–H and O–H groups in total. The van der Waals surface area contributed by atoms with Crippen molar-refractivity contribution >= 4 is 5.91 Å². The third-order valence-electron chi connectivity index (χ3n) is 3.59. The lowest BCUT2D eigenvalue weighted by Gasteiger charge is -2.27. The molecule has 1 saturated carbocycles. The molecule has 0 heterocycles. The number of hydrogen-bond donors (Lipinski definition) is 3. The van der Waals surface area contributed by atoms with Gasteiger partial charge in [-0.25, -0.2) is 0 Å². The van der Waals surface area contributed by atoms with Crippen LogP contribution in [0.1, 0.15) is 51.9 Å². The standard InChI is InChI=1S/C13H25NO3/c1-13(9-15,10-16)14-12(17)8-11-6-4-2-3-5-7-11/h11,15-16H,2-10H2,1H3,(H,14,17). The van der Waals surface area contributed by atoms with Gasteiger partial charge in [-0.15, -0.1) is 0 Å². The number of aliphatic hydroxyl groups excluding tert-OH is 2. The maximum atomic E-state index is 11.8. The highest BCUT2D eigenvalue weighted by atomic mass is 16.3. The first-order valence-corrected chi connectivity index (χ1v) is 6.62. The number of carbonyl (C=O) groups excluding carboxylic acids is 1. The van der Waals surface area contributed by atoms with Crippen molar-refractivity contribution in [3.05, 3.63) is 0 Å². The number of rotatable bonds is 5. The smallest absolute Gasteiger partial charge is 0.220 e. The zero-order chi connectivity index (χ0) is 12.7. The van der Waals surface area contributed by atoms with Gasteiger partial charge in [-0.3, -0.25) is 4.79 Å². The quantitative estimate of drug-likeness (QED) is 0.636. The second-order valence-corrected chi connectivity index (χ2v) is 5.49. The second-order valence-electron chi connectivity index (χ2n) is 5.49. The monoisotopic (exact) mass is 243 g/mol. The lowest BCUT2D eigenvalue weighted by Crippen LogP contribution is -2.52. The summed E-state index contributed by atoms with van der Waals surface area (Å²) >= 11 is 0. The number of amides is 1. The zero-order valence-corrected chi connectivity index (χ0v) is 10.7. The summed E-state index contributed by atoms with van der Waals surface area (Å²) in [6.45, 7) is 1.18. The third kappa shape index (κ3) is 5.04. The van der Waals surface area contributed by atoms with Gasteiger partial charge in [-0.05, 0) is 25.7 Å². The lowest BCUT2D eigenvalue weighted by atomic mass is 9.95. The Bertz CT molecular complexity index is 231. The Morgan fingerprint density at radius 3 is 2.18 bits per heavy atom. The van der Waals surface area contributed by atoms with Crippen molar-refractivity contribution in [3.8, 4) is 0 Å². The molecule has 0 atom stereocenters. The van der Waals surface area contributed by atoms with E-state index in [0.717, 1.165) is 12.8 Å². The topological polar surface area (TPSA) is 69.6 Å². The van der Waals surface area contributed by atoms with Crippen LogP contribution >= 0.6 is 0 Å². The highest BCUT2D eigenvalue weighted by Crippen LogP contribution is 2.25. The first-order valence-electron chi connectivity index (χ1n) is 6.62. The Morgan fingerprint density at radius 1 is 1.18 bits per heavy atom. The number of aliphatic hydroxyl groups is 2. The summed E-state index contributed by atoms with van der Waals surface area (Å²) in [5.41, 5.74) is -0.887. The molecule has 0 radical (unpaired) electrons. The van der Waals surface area contributed by atoms with Crippen LogP contribution in [-0.4, -0.2) is 34.9 Å². The Hall–Kier alpha value is -0.610. The fourth-order valence-electron chi connectivity index (χ4n) is 2.35. The lowest BCUT2D eigenvalue weighted by molar-refractivity contribution is -0.125. The van der Waals surface area contributed by atoms with E-state index in [9.17, 15) is 4.79 Å². The fraction of sp³-hybridized carbons (Fsp3) is 0.923. The van der Waals surface area contributed by atoms with Crippen LogP contribution in [0.5, 0.6) is 0 Å². The first-order chi connectivity index (χ1) is 8.09. The Morgan fingerprint density at radius 2 is 1.71 bits per heavy atom. The molecule has 0 spiro atoms. The summed E-state index contributed by atoms with van der Waals surface area (Å²) < 4.78 is 0. The van der Waals surface area contributed by atoms with Crippen molar-refractivity contribution in [1.29, 1.82) is 0 Å². The van der Waals surface area contributed by atoms with E-state index in [1.54, 1.807) is 6.92 Å². The number of nitrogens with one attached hydrogen (secondary N) is 1. The van der Waals surface area contributed by atoms with Gasteiger partial charge in [0.05, 0.1) is 18.8 Å². The summed E-state index contributed by atoms with van der Waals surface area (Å²) in [6.07, 6.45) is 7.77. The van der Waals surface area contributed by atoms with Crippen LogP contribution in [0.2, 0.25) is 0 Å². The SMILES string of the molecule is CC(CO)(CO)NC(=O)CC1CCCCCC1. The minimum atomic E-state index is -0.887. The van der Waals surface area contributed by atoms with Crippen LogP contribution in [0, 0.1) is 5.92 Å². The predicted octanol–water partition coefficient (Wildman–Crippen LogP) is 1.21. The van der Waals surface area contributed by atoms with Crippen molar-refractivity contribution in [2.24, 2.45) is 5.92 Å². The Labute approximate surface area is 103 Å². The van der Waals surface area contributed by atoms with Crippen molar-refractivity contribution in [3.63, 3.8) is 0 Å². The van der Waals surface area contributed by atoms with E-state index in [1.165, 1.54) is 25.7 Å². The normalized spacial score (nSPS) is 18.8. The van der Waals surface area contributed by atoms with Gasteiger partial charge in [0, 0.05) is 6.42 Å². The van der Waals surface area contributed by atoms with Gasteiger partial charge in [-0.1, -0.05) is 25.7 Å². The van der Waals surface area contributed by atoms with E-state index in [2.05, 4.69) is 5.32 Å². The molecule has 4 heteroatoms. The van der Waals surface area contributed by atoms with Crippen LogP contribution in [0.4, 0.5) is 0 Å². The summed E-state index contributed by atoms with van der Waals surface area (Å²) in [7, 11) is 0. The van der Waals surface area contributed by atoms with Crippen molar-refractivity contribution < 1.29 is 15.0 Å². The predicted molar refractivity (Wildman–Crippen MR) is 66.5 cm³/mol. The van der Waals surface area contributed by atoms with Gasteiger partial charge < -0.3 is 15.5 Å². The highest BCUT2D eigenvalue weighted by molar-refractivity contribution is 5.77.